The molecule has 0 saturated carbocycles. The maximum absolute atomic E-state index is 13.5. The molecule has 0 saturated heterocycles. The first-order valence-electron chi connectivity index (χ1n) is 9.94. The number of carbonyl (C=O) groups excluding carboxylic acids is 2. The van der Waals surface area contributed by atoms with E-state index < -0.39 is 24.7 Å². The summed E-state index contributed by atoms with van der Waals surface area (Å²) in [5, 5.41) is 13.4. The Balaban J connectivity index is 2.29. The van der Waals surface area contributed by atoms with Gasteiger partial charge >= 0.3 is 13.7 Å². The average molecular weight is 479 g/mol. The maximum Gasteiger partial charge on any atom is 0.513 e. The zero-order valence-corrected chi connectivity index (χ0v) is 19.8. The second-order valence-corrected chi connectivity index (χ2v) is 9.11. The lowest BCUT2D eigenvalue weighted by molar-refractivity contribution is -0.384. The molecule has 33 heavy (non-hydrogen) atoms. The minimum atomic E-state index is -4.23. The highest BCUT2D eigenvalue weighted by molar-refractivity contribution is 7.52. The van der Waals surface area contributed by atoms with Gasteiger partial charge in [0.2, 0.25) is 0 Å². The van der Waals surface area contributed by atoms with Crippen molar-refractivity contribution in [2.24, 2.45) is 0 Å². The Bertz CT molecular complexity index is 1040. The largest absolute Gasteiger partial charge is 0.513 e. The number of nitro benzene ring substituents is 1. The van der Waals surface area contributed by atoms with Crippen molar-refractivity contribution in [3.63, 3.8) is 0 Å². The Kier molecular flexibility index (Phi) is 8.56. The van der Waals surface area contributed by atoms with Gasteiger partial charge in [-0.05, 0) is 57.2 Å². The Morgan fingerprint density at radius 3 is 1.88 bits per heavy atom. The van der Waals surface area contributed by atoms with Gasteiger partial charge in [-0.3, -0.25) is 19.7 Å². The maximum atomic E-state index is 13.5. The molecule has 2 atom stereocenters. The molecular weight excluding hydrogens is 453 g/mol. The smallest absolute Gasteiger partial charge is 0.462 e. The number of carbonyl (C=O) groups is 2. The van der Waals surface area contributed by atoms with Crippen LogP contribution in [0.5, 0.6) is 11.5 Å². The molecule has 2 aromatic rings. The lowest BCUT2D eigenvalue weighted by Crippen LogP contribution is -2.36. The number of ether oxygens (including phenoxy) is 1. The Morgan fingerprint density at radius 1 is 0.970 bits per heavy atom. The fraction of sp³-hybridized carbons (Fsp3) is 0.333. The molecule has 1 N–H and O–H groups in total. The first-order valence-corrected chi connectivity index (χ1v) is 11.5. The van der Waals surface area contributed by atoms with Crippen LogP contribution in [0.3, 0.4) is 0 Å². The summed E-state index contributed by atoms with van der Waals surface area (Å²) >= 11 is 0. The summed E-state index contributed by atoms with van der Waals surface area (Å²) in [5.74, 6) is -0.782. The molecular formula is C21H26N3O8P. The minimum absolute atomic E-state index is 0.0141. The van der Waals surface area contributed by atoms with Crippen LogP contribution in [-0.4, -0.2) is 47.9 Å². The van der Waals surface area contributed by atoms with Gasteiger partial charge in [-0.2, -0.15) is 5.09 Å². The van der Waals surface area contributed by atoms with Crippen LogP contribution in [0.2, 0.25) is 0 Å². The molecule has 11 nitrogen and oxygen atoms in total. The summed E-state index contributed by atoms with van der Waals surface area (Å²) in [4.78, 5) is 35.9. The first-order chi connectivity index (χ1) is 15.4. The molecule has 178 valence electrons. The molecule has 0 aliphatic heterocycles. The van der Waals surface area contributed by atoms with E-state index in [-0.39, 0.29) is 29.2 Å². The first kappa shape index (κ1) is 25.8. The monoisotopic (exact) mass is 479 g/mol. The quantitative estimate of drug-likeness (QED) is 0.233. The normalized spacial score (nSPS) is 13.5. The molecule has 0 bridgehead atoms. The van der Waals surface area contributed by atoms with Crippen molar-refractivity contribution >= 4 is 25.3 Å². The van der Waals surface area contributed by atoms with Crippen molar-refractivity contribution in [2.75, 3.05) is 14.1 Å². The number of esters is 1. The van der Waals surface area contributed by atoms with Crippen LogP contribution >= 0.6 is 7.75 Å². The molecule has 0 aliphatic rings. The van der Waals surface area contributed by atoms with E-state index in [2.05, 4.69) is 5.09 Å². The Morgan fingerprint density at radius 2 is 1.45 bits per heavy atom. The number of non-ortho nitro benzene ring substituents is 1. The Labute approximate surface area is 191 Å². The van der Waals surface area contributed by atoms with Gasteiger partial charge in [0.05, 0.1) is 11.0 Å². The summed E-state index contributed by atoms with van der Waals surface area (Å²) in [5.41, 5.74) is 0.210. The predicted octanol–water partition coefficient (Wildman–Crippen LogP) is 3.79. The average Bonchev–Trinajstić information content (AvgIpc) is 2.73. The Hall–Kier alpha value is -3.43. The number of nitrogens with zero attached hydrogens (tertiary/aromatic N) is 2. The highest BCUT2D eigenvalue weighted by Crippen LogP contribution is 2.45. The molecule has 2 rings (SSSR count). The highest BCUT2D eigenvalue weighted by atomic mass is 31.2. The van der Waals surface area contributed by atoms with Gasteiger partial charge < -0.3 is 18.7 Å². The van der Waals surface area contributed by atoms with Crippen molar-refractivity contribution in [1.82, 2.24) is 9.99 Å². The predicted molar refractivity (Wildman–Crippen MR) is 120 cm³/mol. The van der Waals surface area contributed by atoms with Crippen molar-refractivity contribution in [3.8, 4) is 11.5 Å². The molecule has 1 amide bonds. The number of rotatable bonds is 10. The van der Waals surface area contributed by atoms with Crippen molar-refractivity contribution in [2.45, 2.75) is 32.9 Å². The van der Waals surface area contributed by atoms with Crippen molar-refractivity contribution in [1.29, 1.82) is 0 Å². The molecule has 1 unspecified atom stereocenters. The van der Waals surface area contributed by atoms with Crippen LogP contribution in [0.1, 0.15) is 31.1 Å². The SMILES string of the molecule is CC(C)OC(=O)[C@H](C)NP(=O)(Oc1ccc(C(=O)N(C)C)cc1)Oc1ccc([N+](=O)[O-])cc1. The van der Waals surface area contributed by atoms with Gasteiger partial charge in [0, 0.05) is 31.8 Å². The van der Waals surface area contributed by atoms with Crippen LogP contribution in [0.25, 0.3) is 0 Å². The molecule has 0 spiro atoms. The number of nitrogens with one attached hydrogen (secondary N) is 1. The van der Waals surface area contributed by atoms with Gasteiger partial charge in [0.25, 0.3) is 11.6 Å². The number of hydrogen-bond acceptors (Lipinski definition) is 8. The van der Waals surface area contributed by atoms with E-state index in [4.69, 9.17) is 13.8 Å². The lowest BCUT2D eigenvalue weighted by atomic mass is 10.2. The summed E-state index contributed by atoms with van der Waals surface area (Å²) in [6.45, 7) is 4.77. The standard InChI is InChI=1S/C21H26N3O8P/c1-14(2)30-21(26)15(3)22-33(29,32-19-12-8-17(9-13-19)24(27)28)31-18-10-6-16(7-11-18)20(25)23(4)5/h6-15H,1-5H3,(H,22,29)/t15-,33?/m0/s1. The van der Waals surface area contributed by atoms with E-state index in [1.54, 1.807) is 27.9 Å². The van der Waals surface area contributed by atoms with E-state index in [0.29, 0.717) is 5.56 Å². The zero-order chi connectivity index (χ0) is 24.8. The van der Waals surface area contributed by atoms with Crippen LogP contribution in [0.15, 0.2) is 48.5 Å². The highest BCUT2D eigenvalue weighted by Gasteiger charge is 2.34. The minimum Gasteiger partial charge on any atom is -0.462 e. The summed E-state index contributed by atoms with van der Waals surface area (Å²) < 4.78 is 29.7. The van der Waals surface area contributed by atoms with Crippen LogP contribution in [0, 0.1) is 10.1 Å². The molecule has 2 aromatic carbocycles. The third-order valence-electron chi connectivity index (χ3n) is 4.06. The zero-order valence-electron chi connectivity index (χ0n) is 18.9. The third-order valence-corrected chi connectivity index (χ3v) is 5.67. The van der Waals surface area contributed by atoms with Gasteiger partial charge in [-0.1, -0.05) is 0 Å². The van der Waals surface area contributed by atoms with Crippen molar-refractivity contribution < 1.29 is 32.9 Å². The van der Waals surface area contributed by atoms with Gasteiger partial charge in [0.1, 0.15) is 17.5 Å². The van der Waals surface area contributed by atoms with Gasteiger partial charge in [0.15, 0.2) is 0 Å². The number of nitro groups is 1. The molecule has 12 heteroatoms. The van der Waals surface area contributed by atoms with Crippen LogP contribution in [0.4, 0.5) is 5.69 Å². The van der Waals surface area contributed by atoms with Crippen LogP contribution in [-0.2, 0) is 14.1 Å². The number of hydrogen-bond donors (Lipinski definition) is 1. The molecule has 0 fully saturated rings. The van der Waals surface area contributed by atoms with E-state index in [1.165, 1.54) is 60.4 Å². The second kappa shape index (κ2) is 10.9. The lowest BCUT2D eigenvalue weighted by Gasteiger charge is -2.23. The fourth-order valence-electron chi connectivity index (χ4n) is 2.52. The number of benzene rings is 2. The number of amides is 1. The molecule has 0 radical (unpaired) electrons. The fourth-order valence-corrected chi connectivity index (χ4v) is 4.04. The van der Waals surface area contributed by atoms with E-state index in [1.807, 2.05) is 0 Å². The van der Waals surface area contributed by atoms with Gasteiger partial charge in [-0.15, -0.1) is 0 Å². The van der Waals surface area contributed by atoms with E-state index in [0.717, 1.165) is 0 Å². The molecule has 0 aliphatic carbocycles. The molecule has 0 heterocycles. The molecule has 0 aromatic heterocycles. The summed E-state index contributed by atoms with van der Waals surface area (Å²) in [6.07, 6.45) is -0.389. The summed E-state index contributed by atoms with van der Waals surface area (Å²) in [7, 11) is -1.01. The van der Waals surface area contributed by atoms with Crippen molar-refractivity contribution in [3.05, 3.63) is 64.2 Å². The third kappa shape index (κ3) is 7.58. The van der Waals surface area contributed by atoms with Gasteiger partial charge in [-0.25, -0.2) is 4.57 Å². The van der Waals surface area contributed by atoms with E-state index >= 15 is 0 Å². The topological polar surface area (TPSA) is 137 Å². The van der Waals surface area contributed by atoms with Crippen LogP contribution < -0.4 is 14.1 Å². The second-order valence-electron chi connectivity index (χ2n) is 7.49. The van der Waals surface area contributed by atoms with E-state index in [9.17, 15) is 24.3 Å². The summed E-state index contributed by atoms with van der Waals surface area (Å²) in [6, 6.07) is 9.65.